The van der Waals surface area contributed by atoms with Crippen LogP contribution in [-0.4, -0.2) is 36.2 Å². The zero-order valence-corrected chi connectivity index (χ0v) is 24.3. The molecule has 0 bridgehead atoms. The van der Waals surface area contributed by atoms with E-state index < -0.39 is 30.3 Å². The second kappa shape index (κ2) is 12.5. The normalized spacial score (nSPS) is 20.9. The molecule has 3 aromatic carbocycles. The minimum absolute atomic E-state index is 0.0949. The van der Waals surface area contributed by atoms with Gasteiger partial charge in [-0.2, -0.15) is 0 Å². The van der Waals surface area contributed by atoms with Crippen LogP contribution in [0.5, 0.6) is 11.5 Å². The average Bonchev–Trinajstić information content (AvgIpc) is 2.91. The largest absolute Gasteiger partial charge is 0.497 e. The van der Waals surface area contributed by atoms with E-state index >= 15 is 0 Å². The number of methoxy groups -OCH3 is 1. The smallest absolute Gasteiger partial charge is 0.341 e. The number of carbonyl (C=O) groups is 2. The summed E-state index contributed by atoms with van der Waals surface area (Å²) in [7, 11) is 1.62. The predicted octanol–water partition coefficient (Wildman–Crippen LogP) is 6.98. The van der Waals surface area contributed by atoms with E-state index in [1.54, 1.807) is 25.3 Å². The summed E-state index contributed by atoms with van der Waals surface area (Å²) in [4.78, 5) is 23.6. The van der Waals surface area contributed by atoms with Gasteiger partial charge in [0, 0.05) is 39.9 Å². The highest BCUT2D eigenvalue weighted by Gasteiger charge is 2.47. The van der Waals surface area contributed by atoms with Gasteiger partial charge < -0.3 is 24.6 Å². The molecule has 40 heavy (non-hydrogen) atoms. The third-order valence-corrected chi connectivity index (χ3v) is 7.82. The fourth-order valence-corrected chi connectivity index (χ4v) is 5.82. The molecule has 7 nitrogen and oxygen atoms in total. The van der Waals surface area contributed by atoms with Gasteiger partial charge in [-0.1, -0.05) is 47.5 Å². The maximum Gasteiger partial charge on any atom is 0.341 e. The molecule has 2 N–H and O–H groups in total. The van der Waals surface area contributed by atoms with Crippen molar-refractivity contribution in [3.8, 4) is 11.5 Å². The molecule has 0 aliphatic carbocycles. The number of amides is 1. The molecule has 1 aliphatic rings. The summed E-state index contributed by atoms with van der Waals surface area (Å²) >= 11 is 12.7. The van der Waals surface area contributed by atoms with Crippen molar-refractivity contribution in [1.29, 1.82) is 0 Å². The summed E-state index contributed by atoms with van der Waals surface area (Å²) in [6.07, 6.45) is -0.367. The molecule has 0 unspecified atom stereocenters. The van der Waals surface area contributed by atoms with E-state index in [4.69, 9.17) is 37.4 Å². The molecular formula is C31H33Cl2NO6. The first-order valence-electron chi connectivity index (χ1n) is 13.0. The molecule has 0 aromatic heterocycles. The highest BCUT2D eigenvalue weighted by Crippen LogP contribution is 2.54. The fraction of sp³-hybridized carbons (Fsp3) is 0.355. The highest BCUT2D eigenvalue weighted by atomic mass is 35.5. The standard InChI is InChI=1S/C31H33Cl2NO6/c1-18(35)34-31(2,3)26-16-24(19-5-9-21(32)10-6-19)29(20-7-12-23(38-4)13-8-20)40-30(26)25-15-22(33)11-14-27(25)39-17-28(36)37/h5-15,24,26,29-30H,16-17H2,1-4H3,(H,34,35)(H,36,37)/t24-,26+,29+,30-/m0/s1. The molecule has 4 rings (SSSR count). The van der Waals surface area contributed by atoms with Gasteiger partial charge in [0.05, 0.1) is 19.3 Å². The van der Waals surface area contributed by atoms with Crippen molar-refractivity contribution in [3.05, 3.63) is 93.5 Å². The summed E-state index contributed by atoms with van der Waals surface area (Å²) < 4.78 is 18.1. The number of ether oxygens (including phenoxy) is 3. The lowest BCUT2D eigenvalue weighted by Crippen LogP contribution is -2.53. The van der Waals surface area contributed by atoms with E-state index in [2.05, 4.69) is 5.32 Å². The van der Waals surface area contributed by atoms with E-state index in [1.165, 1.54) is 6.92 Å². The lowest BCUT2D eigenvalue weighted by molar-refractivity contribution is -0.140. The zero-order valence-electron chi connectivity index (χ0n) is 22.8. The van der Waals surface area contributed by atoms with Crippen LogP contribution in [0.3, 0.4) is 0 Å². The Hall–Kier alpha value is -3.26. The Morgan fingerprint density at radius 1 is 0.975 bits per heavy atom. The van der Waals surface area contributed by atoms with E-state index in [-0.39, 0.29) is 17.7 Å². The van der Waals surface area contributed by atoms with Crippen LogP contribution < -0.4 is 14.8 Å². The zero-order chi connectivity index (χ0) is 29.0. The molecule has 0 saturated carbocycles. The number of hydrogen-bond acceptors (Lipinski definition) is 5. The van der Waals surface area contributed by atoms with E-state index in [9.17, 15) is 14.7 Å². The molecule has 1 amide bonds. The van der Waals surface area contributed by atoms with Crippen LogP contribution in [0.15, 0.2) is 66.7 Å². The summed E-state index contributed by atoms with van der Waals surface area (Å²) in [5.41, 5.74) is 1.89. The van der Waals surface area contributed by atoms with Gasteiger partial charge in [0.1, 0.15) is 11.5 Å². The quantitative estimate of drug-likeness (QED) is 0.281. The van der Waals surface area contributed by atoms with Gasteiger partial charge >= 0.3 is 5.97 Å². The molecule has 1 saturated heterocycles. The minimum atomic E-state index is -1.10. The summed E-state index contributed by atoms with van der Waals surface area (Å²) in [6, 6.07) is 20.5. The van der Waals surface area contributed by atoms with Crippen molar-refractivity contribution in [2.45, 2.75) is 50.9 Å². The fourth-order valence-electron chi connectivity index (χ4n) is 5.52. The Balaban J connectivity index is 1.87. The van der Waals surface area contributed by atoms with Gasteiger partial charge in [-0.05, 0) is 73.9 Å². The van der Waals surface area contributed by atoms with Crippen LogP contribution >= 0.6 is 23.2 Å². The van der Waals surface area contributed by atoms with E-state index in [1.807, 2.05) is 62.4 Å². The second-order valence-electron chi connectivity index (χ2n) is 10.5. The molecule has 0 spiro atoms. The van der Waals surface area contributed by atoms with Gasteiger partial charge in [0.15, 0.2) is 6.61 Å². The van der Waals surface area contributed by atoms with Gasteiger partial charge in [0.2, 0.25) is 5.91 Å². The Bertz CT molecular complexity index is 1340. The number of carbonyl (C=O) groups excluding carboxylic acids is 1. The van der Waals surface area contributed by atoms with Crippen LogP contribution in [-0.2, 0) is 14.3 Å². The molecule has 0 radical (unpaired) electrons. The molecule has 1 heterocycles. The Kier molecular flexibility index (Phi) is 9.29. The number of nitrogens with one attached hydrogen (secondary N) is 1. The lowest BCUT2D eigenvalue weighted by Gasteiger charge is -2.48. The summed E-state index contributed by atoms with van der Waals surface area (Å²) in [5, 5.41) is 13.5. The highest BCUT2D eigenvalue weighted by molar-refractivity contribution is 6.30. The Labute approximate surface area is 244 Å². The maximum atomic E-state index is 12.3. The van der Waals surface area contributed by atoms with Crippen LogP contribution in [0.2, 0.25) is 10.0 Å². The topological polar surface area (TPSA) is 94.1 Å². The molecule has 1 aliphatic heterocycles. The third-order valence-electron chi connectivity index (χ3n) is 7.33. The van der Waals surface area contributed by atoms with Gasteiger partial charge in [-0.15, -0.1) is 0 Å². The number of rotatable bonds is 9. The van der Waals surface area contributed by atoms with E-state index in [0.29, 0.717) is 27.8 Å². The van der Waals surface area contributed by atoms with Gasteiger partial charge in [0.25, 0.3) is 0 Å². The van der Waals surface area contributed by atoms with Gasteiger partial charge in [-0.3, -0.25) is 4.79 Å². The van der Waals surface area contributed by atoms with E-state index in [0.717, 1.165) is 16.9 Å². The number of benzene rings is 3. The van der Waals surface area contributed by atoms with Crippen molar-refractivity contribution in [2.24, 2.45) is 5.92 Å². The SMILES string of the molecule is COc1ccc([C@H]2O[C@@H](c3cc(Cl)ccc3OCC(=O)O)[C@H](C(C)(C)NC(C)=O)C[C@H]2c2ccc(Cl)cc2)cc1. The van der Waals surface area contributed by atoms with Gasteiger partial charge in [-0.25, -0.2) is 4.79 Å². The van der Waals surface area contributed by atoms with Crippen LogP contribution in [0.25, 0.3) is 0 Å². The molecular weight excluding hydrogens is 553 g/mol. The van der Waals surface area contributed by atoms with Crippen LogP contribution in [0.4, 0.5) is 0 Å². The van der Waals surface area contributed by atoms with Crippen LogP contribution in [0.1, 0.15) is 62.0 Å². The van der Waals surface area contributed by atoms with Crippen molar-refractivity contribution < 1.29 is 28.9 Å². The van der Waals surface area contributed by atoms with Crippen molar-refractivity contribution >= 4 is 35.1 Å². The number of halogens is 2. The number of hydrogen-bond donors (Lipinski definition) is 2. The Morgan fingerprint density at radius 2 is 1.60 bits per heavy atom. The maximum absolute atomic E-state index is 12.3. The van der Waals surface area contributed by atoms with Crippen molar-refractivity contribution in [1.82, 2.24) is 5.32 Å². The van der Waals surface area contributed by atoms with Crippen LogP contribution in [0, 0.1) is 5.92 Å². The number of carboxylic acids is 1. The monoisotopic (exact) mass is 585 g/mol. The second-order valence-corrected chi connectivity index (χ2v) is 11.4. The molecule has 1 fully saturated rings. The predicted molar refractivity (Wildman–Crippen MR) is 154 cm³/mol. The first kappa shape index (κ1) is 29.7. The summed E-state index contributed by atoms with van der Waals surface area (Å²) in [5.74, 6) is -0.529. The molecule has 4 atom stereocenters. The molecule has 9 heteroatoms. The van der Waals surface area contributed by atoms with Crippen molar-refractivity contribution in [2.75, 3.05) is 13.7 Å². The first-order valence-corrected chi connectivity index (χ1v) is 13.7. The average molecular weight is 587 g/mol. The summed E-state index contributed by atoms with van der Waals surface area (Å²) in [6.45, 7) is 4.89. The molecule has 3 aromatic rings. The lowest BCUT2D eigenvalue weighted by atomic mass is 9.69. The van der Waals surface area contributed by atoms with Crippen molar-refractivity contribution in [3.63, 3.8) is 0 Å². The number of aliphatic carboxylic acids is 1. The minimum Gasteiger partial charge on any atom is -0.497 e. The first-order chi connectivity index (χ1) is 19.0. The Morgan fingerprint density at radius 3 is 2.20 bits per heavy atom. The third kappa shape index (κ3) is 6.89. The number of carboxylic acid groups (broad SMARTS) is 1. The molecule has 212 valence electrons.